The Morgan fingerprint density at radius 1 is 1.37 bits per heavy atom. The van der Waals surface area contributed by atoms with Gasteiger partial charge in [0.25, 0.3) is 5.91 Å². The molecule has 0 bridgehead atoms. The molecule has 0 unspecified atom stereocenters. The van der Waals surface area contributed by atoms with Gasteiger partial charge in [-0.2, -0.15) is 0 Å². The second kappa shape index (κ2) is 5.51. The van der Waals surface area contributed by atoms with Gasteiger partial charge in [-0.3, -0.25) is 4.79 Å². The maximum absolute atomic E-state index is 12.6. The minimum absolute atomic E-state index is 0.0423. The van der Waals surface area contributed by atoms with Gasteiger partial charge < -0.3 is 16.4 Å². The summed E-state index contributed by atoms with van der Waals surface area (Å²) in [5.74, 6) is 0.637. The maximum atomic E-state index is 12.6. The Bertz CT molecular complexity index is 466. The molecule has 4 heteroatoms. The molecule has 1 aliphatic carbocycles. The standard InChI is InChI=1S/C15H23N3O/c1-10(2)7-8-18(12-4-5-12)15(19)13-6-3-11(16)9-14(13)17/h3,6,9-10,12H,4-5,7-8,16-17H2,1-2H3. The number of nitrogens with two attached hydrogens (primary N) is 2. The highest BCUT2D eigenvalue weighted by atomic mass is 16.2. The Balaban J connectivity index is 2.14. The van der Waals surface area contributed by atoms with Gasteiger partial charge in [0.2, 0.25) is 0 Å². The lowest BCUT2D eigenvalue weighted by Crippen LogP contribution is -2.35. The van der Waals surface area contributed by atoms with E-state index in [-0.39, 0.29) is 5.91 Å². The van der Waals surface area contributed by atoms with Crippen molar-refractivity contribution < 1.29 is 4.79 Å². The molecular weight excluding hydrogens is 238 g/mol. The average molecular weight is 261 g/mol. The van der Waals surface area contributed by atoms with Gasteiger partial charge in [-0.25, -0.2) is 0 Å². The lowest BCUT2D eigenvalue weighted by atomic mass is 10.1. The lowest BCUT2D eigenvalue weighted by Gasteiger charge is -2.24. The molecule has 19 heavy (non-hydrogen) atoms. The molecule has 0 aliphatic heterocycles. The molecule has 0 aromatic heterocycles. The van der Waals surface area contributed by atoms with Gasteiger partial charge in [-0.1, -0.05) is 13.8 Å². The number of hydrogen-bond acceptors (Lipinski definition) is 3. The second-order valence-corrected chi connectivity index (χ2v) is 5.76. The molecule has 1 fully saturated rings. The molecular formula is C15H23N3O. The molecule has 1 aliphatic rings. The van der Waals surface area contributed by atoms with Crippen molar-refractivity contribution in [3.63, 3.8) is 0 Å². The molecule has 0 radical (unpaired) electrons. The summed E-state index contributed by atoms with van der Waals surface area (Å²) in [6.45, 7) is 5.16. The summed E-state index contributed by atoms with van der Waals surface area (Å²) < 4.78 is 0. The van der Waals surface area contributed by atoms with E-state index in [1.54, 1.807) is 18.2 Å². The zero-order valence-electron chi connectivity index (χ0n) is 11.7. The van der Waals surface area contributed by atoms with Gasteiger partial charge in [0.15, 0.2) is 0 Å². The van der Waals surface area contributed by atoms with E-state index in [1.807, 2.05) is 4.90 Å². The Labute approximate surface area is 114 Å². The molecule has 1 aromatic rings. The summed E-state index contributed by atoms with van der Waals surface area (Å²) in [4.78, 5) is 14.6. The van der Waals surface area contributed by atoms with Crippen molar-refractivity contribution in [2.24, 2.45) is 5.92 Å². The molecule has 0 saturated heterocycles. The fourth-order valence-corrected chi connectivity index (χ4v) is 2.16. The van der Waals surface area contributed by atoms with Crippen LogP contribution in [-0.2, 0) is 0 Å². The Kier molecular flexibility index (Phi) is 3.98. The summed E-state index contributed by atoms with van der Waals surface area (Å²) in [6.07, 6.45) is 3.24. The Morgan fingerprint density at radius 3 is 2.58 bits per heavy atom. The number of hydrogen-bond donors (Lipinski definition) is 2. The summed E-state index contributed by atoms with van der Waals surface area (Å²) in [7, 11) is 0. The van der Waals surface area contributed by atoms with Gasteiger partial charge in [0.05, 0.1) is 5.56 Å². The first-order valence-electron chi connectivity index (χ1n) is 6.95. The quantitative estimate of drug-likeness (QED) is 0.800. The largest absolute Gasteiger partial charge is 0.399 e. The molecule has 0 atom stereocenters. The number of carbonyl (C=O) groups is 1. The number of benzene rings is 1. The molecule has 1 saturated carbocycles. The monoisotopic (exact) mass is 261 g/mol. The number of anilines is 2. The van der Waals surface area contributed by atoms with E-state index < -0.39 is 0 Å². The number of nitrogen functional groups attached to an aromatic ring is 2. The summed E-state index contributed by atoms with van der Waals surface area (Å²) in [6, 6.07) is 5.53. The van der Waals surface area contributed by atoms with Crippen LogP contribution in [0.1, 0.15) is 43.5 Å². The lowest BCUT2D eigenvalue weighted by molar-refractivity contribution is 0.0736. The van der Waals surface area contributed by atoms with E-state index in [0.29, 0.717) is 28.9 Å². The SMILES string of the molecule is CC(C)CCN(C(=O)c1ccc(N)cc1N)C1CC1. The van der Waals surface area contributed by atoms with Crippen LogP contribution in [0.5, 0.6) is 0 Å². The first-order valence-corrected chi connectivity index (χ1v) is 6.95. The average Bonchev–Trinajstić information content (AvgIpc) is 3.13. The normalized spacial score (nSPS) is 14.7. The molecule has 4 N–H and O–H groups in total. The van der Waals surface area contributed by atoms with Gasteiger partial charge in [0.1, 0.15) is 0 Å². The van der Waals surface area contributed by atoms with Crippen LogP contribution < -0.4 is 11.5 Å². The predicted octanol–water partition coefficient (Wildman–Crippen LogP) is 2.50. The van der Waals surface area contributed by atoms with Crippen molar-refractivity contribution in [2.45, 2.75) is 39.2 Å². The number of amides is 1. The van der Waals surface area contributed by atoms with Gasteiger partial charge in [-0.05, 0) is 43.4 Å². The third kappa shape index (κ3) is 3.40. The van der Waals surface area contributed by atoms with E-state index in [2.05, 4.69) is 13.8 Å². The van der Waals surface area contributed by atoms with Crippen molar-refractivity contribution in [1.82, 2.24) is 4.90 Å². The highest BCUT2D eigenvalue weighted by Gasteiger charge is 2.33. The first-order chi connectivity index (χ1) is 8.99. The van der Waals surface area contributed by atoms with Crippen LogP contribution in [-0.4, -0.2) is 23.4 Å². The van der Waals surface area contributed by atoms with Crippen molar-refractivity contribution in [3.8, 4) is 0 Å². The van der Waals surface area contributed by atoms with Crippen molar-refractivity contribution >= 4 is 17.3 Å². The van der Waals surface area contributed by atoms with Crippen LogP contribution in [0.15, 0.2) is 18.2 Å². The van der Waals surface area contributed by atoms with Crippen LogP contribution in [0.3, 0.4) is 0 Å². The van der Waals surface area contributed by atoms with Crippen LogP contribution in [0, 0.1) is 5.92 Å². The van der Waals surface area contributed by atoms with E-state index in [9.17, 15) is 4.79 Å². The van der Waals surface area contributed by atoms with Crippen molar-refractivity contribution in [3.05, 3.63) is 23.8 Å². The molecule has 0 spiro atoms. The van der Waals surface area contributed by atoms with E-state index in [0.717, 1.165) is 25.8 Å². The minimum Gasteiger partial charge on any atom is -0.399 e. The summed E-state index contributed by atoms with van der Waals surface area (Å²) in [5, 5.41) is 0. The van der Waals surface area contributed by atoms with Gasteiger partial charge in [0, 0.05) is 24.0 Å². The topological polar surface area (TPSA) is 72.3 Å². The number of rotatable bonds is 5. The summed E-state index contributed by atoms with van der Waals surface area (Å²) >= 11 is 0. The van der Waals surface area contributed by atoms with E-state index in [4.69, 9.17) is 11.5 Å². The Hall–Kier alpha value is -1.71. The second-order valence-electron chi connectivity index (χ2n) is 5.76. The maximum Gasteiger partial charge on any atom is 0.256 e. The third-order valence-electron chi connectivity index (χ3n) is 3.50. The minimum atomic E-state index is 0.0423. The molecule has 1 amide bonds. The van der Waals surface area contributed by atoms with Crippen LogP contribution in [0.2, 0.25) is 0 Å². The smallest absolute Gasteiger partial charge is 0.256 e. The first kappa shape index (κ1) is 13.7. The van der Waals surface area contributed by atoms with Gasteiger partial charge >= 0.3 is 0 Å². The molecule has 4 nitrogen and oxygen atoms in total. The highest BCUT2D eigenvalue weighted by molar-refractivity contribution is 6.00. The third-order valence-corrected chi connectivity index (χ3v) is 3.50. The fourth-order valence-electron chi connectivity index (χ4n) is 2.16. The summed E-state index contributed by atoms with van der Waals surface area (Å²) in [5.41, 5.74) is 13.2. The van der Waals surface area contributed by atoms with Crippen molar-refractivity contribution in [2.75, 3.05) is 18.0 Å². The number of nitrogens with zero attached hydrogens (tertiary/aromatic N) is 1. The Morgan fingerprint density at radius 2 is 2.05 bits per heavy atom. The van der Waals surface area contributed by atoms with Crippen LogP contribution in [0.25, 0.3) is 0 Å². The van der Waals surface area contributed by atoms with Gasteiger partial charge in [-0.15, -0.1) is 0 Å². The van der Waals surface area contributed by atoms with Crippen molar-refractivity contribution in [1.29, 1.82) is 0 Å². The number of carbonyl (C=O) groups excluding carboxylic acids is 1. The predicted molar refractivity (Wildman–Crippen MR) is 78.8 cm³/mol. The van der Waals surface area contributed by atoms with E-state index >= 15 is 0 Å². The van der Waals surface area contributed by atoms with Crippen LogP contribution >= 0.6 is 0 Å². The molecule has 104 valence electrons. The molecule has 2 rings (SSSR count). The molecule has 0 heterocycles. The zero-order chi connectivity index (χ0) is 14.0. The van der Waals surface area contributed by atoms with Crippen LogP contribution in [0.4, 0.5) is 11.4 Å². The fraction of sp³-hybridized carbons (Fsp3) is 0.533. The van der Waals surface area contributed by atoms with E-state index in [1.165, 1.54) is 0 Å². The zero-order valence-corrected chi connectivity index (χ0v) is 11.7. The highest BCUT2D eigenvalue weighted by Crippen LogP contribution is 2.30. The molecule has 1 aromatic carbocycles.